The van der Waals surface area contributed by atoms with Crippen LogP contribution in [0.3, 0.4) is 0 Å². The molecule has 0 aliphatic heterocycles. The average molecular weight is 190 g/mol. The Morgan fingerprint density at radius 3 is 2.50 bits per heavy atom. The summed E-state index contributed by atoms with van der Waals surface area (Å²) in [6, 6.07) is 0.221. The highest BCUT2D eigenvalue weighted by Gasteiger charge is 2.12. The molecule has 0 saturated carbocycles. The Kier molecular flexibility index (Phi) is 6.20. The fourth-order valence-electron chi connectivity index (χ4n) is 0.722. The van der Waals surface area contributed by atoms with E-state index in [4.69, 9.17) is 5.73 Å². The maximum absolute atomic E-state index is 11.3. The monoisotopic (exact) mass is 190 g/mol. The fourth-order valence-corrected chi connectivity index (χ4v) is 1.43. The Labute approximate surface area is 78.5 Å². The van der Waals surface area contributed by atoms with Crippen molar-refractivity contribution in [3.8, 4) is 0 Å². The van der Waals surface area contributed by atoms with Crippen LogP contribution in [-0.2, 0) is 4.79 Å². The first-order valence-electron chi connectivity index (χ1n) is 4.20. The molecule has 3 nitrogen and oxygen atoms in total. The number of nitrogens with two attached hydrogens (primary N) is 1. The zero-order valence-corrected chi connectivity index (χ0v) is 8.78. The van der Waals surface area contributed by atoms with Crippen LogP contribution in [-0.4, -0.2) is 29.5 Å². The van der Waals surface area contributed by atoms with Crippen LogP contribution >= 0.6 is 11.8 Å². The first kappa shape index (κ1) is 11.8. The molecule has 0 aromatic rings. The second kappa shape index (κ2) is 6.31. The van der Waals surface area contributed by atoms with E-state index in [1.807, 2.05) is 20.8 Å². The van der Waals surface area contributed by atoms with Crippen molar-refractivity contribution in [3.05, 3.63) is 0 Å². The molecule has 0 aromatic heterocycles. The normalized spacial score (nSPS) is 13.1. The van der Waals surface area contributed by atoms with Gasteiger partial charge in [-0.05, 0) is 20.8 Å². The van der Waals surface area contributed by atoms with Crippen molar-refractivity contribution in [2.24, 2.45) is 5.73 Å². The second-order valence-electron chi connectivity index (χ2n) is 2.96. The zero-order valence-electron chi connectivity index (χ0n) is 7.96. The Bertz CT molecular complexity index is 139. The molecule has 0 aliphatic carbocycles. The molecule has 0 aliphatic rings. The third-order valence-corrected chi connectivity index (χ3v) is 2.47. The molecule has 0 bridgehead atoms. The molecule has 0 aromatic carbocycles. The number of hydrogen-bond acceptors (Lipinski definition) is 3. The molecule has 72 valence electrons. The predicted molar refractivity (Wildman–Crippen MR) is 54.3 cm³/mol. The minimum absolute atomic E-state index is 0.0101. The Hall–Kier alpha value is -0.220. The third kappa shape index (κ3) is 5.43. The number of carbonyl (C=O) groups is 1. The number of nitrogens with one attached hydrogen (secondary N) is 1. The lowest BCUT2D eigenvalue weighted by molar-refractivity contribution is -0.120. The lowest BCUT2D eigenvalue weighted by Crippen LogP contribution is -2.36. The lowest BCUT2D eigenvalue weighted by atomic mass is 10.3. The van der Waals surface area contributed by atoms with Gasteiger partial charge in [-0.1, -0.05) is 0 Å². The van der Waals surface area contributed by atoms with Gasteiger partial charge in [0.1, 0.15) is 0 Å². The van der Waals surface area contributed by atoms with Crippen LogP contribution in [0.15, 0.2) is 0 Å². The molecule has 1 amide bonds. The summed E-state index contributed by atoms with van der Waals surface area (Å²) < 4.78 is 0. The standard InChI is InChI=1S/C8H18N2OS/c1-6(2)10-8(11)7(3)12-5-4-9/h6-7H,4-5,9H2,1-3H3,(H,10,11). The maximum Gasteiger partial charge on any atom is 0.233 e. The summed E-state index contributed by atoms with van der Waals surface area (Å²) in [4.78, 5) is 11.3. The molecular weight excluding hydrogens is 172 g/mol. The van der Waals surface area contributed by atoms with Gasteiger partial charge < -0.3 is 11.1 Å². The molecule has 0 heterocycles. The molecule has 0 radical (unpaired) electrons. The van der Waals surface area contributed by atoms with Crippen LogP contribution in [0.5, 0.6) is 0 Å². The minimum Gasteiger partial charge on any atom is -0.353 e. The SMILES string of the molecule is CC(C)NC(=O)C(C)SCCN. The summed E-state index contributed by atoms with van der Waals surface area (Å²) in [5.41, 5.74) is 5.33. The third-order valence-electron chi connectivity index (χ3n) is 1.29. The van der Waals surface area contributed by atoms with Crippen molar-refractivity contribution in [1.82, 2.24) is 5.32 Å². The molecule has 12 heavy (non-hydrogen) atoms. The van der Waals surface area contributed by atoms with Crippen LogP contribution in [0.25, 0.3) is 0 Å². The van der Waals surface area contributed by atoms with Crippen molar-refractivity contribution < 1.29 is 4.79 Å². The van der Waals surface area contributed by atoms with Crippen LogP contribution in [0, 0.1) is 0 Å². The van der Waals surface area contributed by atoms with Crippen LogP contribution in [0.2, 0.25) is 0 Å². The first-order valence-corrected chi connectivity index (χ1v) is 5.24. The molecule has 1 unspecified atom stereocenters. The number of hydrogen-bond donors (Lipinski definition) is 2. The van der Waals surface area contributed by atoms with E-state index >= 15 is 0 Å². The van der Waals surface area contributed by atoms with Gasteiger partial charge in [-0.3, -0.25) is 4.79 Å². The summed E-state index contributed by atoms with van der Waals surface area (Å²) in [5, 5.41) is 2.86. The summed E-state index contributed by atoms with van der Waals surface area (Å²) >= 11 is 1.59. The number of amides is 1. The van der Waals surface area contributed by atoms with E-state index in [1.54, 1.807) is 11.8 Å². The predicted octanol–water partition coefficient (Wildman–Crippen LogP) is 0.591. The van der Waals surface area contributed by atoms with Crippen LogP contribution in [0.1, 0.15) is 20.8 Å². The second-order valence-corrected chi connectivity index (χ2v) is 4.41. The van der Waals surface area contributed by atoms with E-state index in [2.05, 4.69) is 5.32 Å². The largest absolute Gasteiger partial charge is 0.353 e. The summed E-state index contributed by atoms with van der Waals surface area (Å²) in [5.74, 6) is 0.940. The van der Waals surface area contributed by atoms with Gasteiger partial charge in [0, 0.05) is 18.3 Å². The first-order chi connectivity index (χ1) is 5.57. The van der Waals surface area contributed by atoms with E-state index in [0.29, 0.717) is 6.54 Å². The van der Waals surface area contributed by atoms with Crippen molar-refractivity contribution >= 4 is 17.7 Å². The number of carbonyl (C=O) groups excluding carboxylic acids is 1. The molecule has 1 atom stereocenters. The fraction of sp³-hybridized carbons (Fsp3) is 0.875. The van der Waals surface area contributed by atoms with Gasteiger partial charge in [0.25, 0.3) is 0 Å². The molecular formula is C8H18N2OS. The van der Waals surface area contributed by atoms with Crippen LogP contribution < -0.4 is 11.1 Å². The van der Waals surface area contributed by atoms with Crippen molar-refractivity contribution in [3.63, 3.8) is 0 Å². The Balaban J connectivity index is 3.61. The van der Waals surface area contributed by atoms with E-state index in [0.717, 1.165) is 5.75 Å². The van der Waals surface area contributed by atoms with Gasteiger partial charge >= 0.3 is 0 Å². The maximum atomic E-state index is 11.3. The average Bonchev–Trinajstić information content (AvgIpc) is 1.98. The molecule has 0 saturated heterocycles. The van der Waals surface area contributed by atoms with Crippen molar-refractivity contribution in [2.75, 3.05) is 12.3 Å². The van der Waals surface area contributed by atoms with Crippen molar-refractivity contribution in [2.45, 2.75) is 32.1 Å². The lowest BCUT2D eigenvalue weighted by Gasteiger charge is -2.13. The van der Waals surface area contributed by atoms with E-state index in [-0.39, 0.29) is 17.2 Å². The van der Waals surface area contributed by atoms with Gasteiger partial charge in [-0.2, -0.15) is 0 Å². The smallest absolute Gasteiger partial charge is 0.233 e. The number of thioether (sulfide) groups is 1. The highest BCUT2D eigenvalue weighted by molar-refractivity contribution is 8.00. The van der Waals surface area contributed by atoms with Gasteiger partial charge in [-0.15, -0.1) is 11.8 Å². The van der Waals surface area contributed by atoms with E-state index in [1.165, 1.54) is 0 Å². The van der Waals surface area contributed by atoms with Gasteiger partial charge in [0.2, 0.25) is 5.91 Å². The molecule has 4 heteroatoms. The van der Waals surface area contributed by atoms with Gasteiger partial charge in [-0.25, -0.2) is 0 Å². The molecule has 0 fully saturated rings. The van der Waals surface area contributed by atoms with Gasteiger partial charge in [0.15, 0.2) is 0 Å². The highest BCUT2D eigenvalue weighted by atomic mass is 32.2. The zero-order chi connectivity index (χ0) is 9.56. The molecule has 0 rings (SSSR count). The van der Waals surface area contributed by atoms with Crippen molar-refractivity contribution in [1.29, 1.82) is 0 Å². The van der Waals surface area contributed by atoms with E-state index in [9.17, 15) is 4.79 Å². The van der Waals surface area contributed by atoms with E-state index < -0.39 is 0 Å². The Morgan fingerprint density at radius 2 is 2.08 bits per heavy atom. The Morgan fingerprint density at radius 1 is 1.50 bits per heavy atom. The summed E-state index contributed by atoms with van der Waals surface area (Å²) in [6.45, 7) is 6.44. The quantitative estimate of drug-likeness (QED) is 0.667. The molecule has 3 N–H and O–H groups in total. The molecule has 0 spiro atoms. The minimum atomic E-state index is 0.0101. The van der Waals surface area contributed by atoms with Crippen LogP contribution in [0.4, 0.5) is 0 Å². The number of rotatable bonds is 5. The van der Waals surface area contributed by atoms with Gasteiger partial charge in [0.05, 0.1) is 5.25 Å². The summed E-state index contributed by atoms with van der Waals surface area (Å²) in [7, 11) is 0. The summed E-state index contributed by atoms with van der Waals surface area (Å²) in [6.07, 6.45) is 0. The highest BCUT2D eigenvalue weighted by Crippen LogP contribution is 2.08. The topological polar surface area (TPSA) is 55.1 Å².